The lowest BCUT2D eigenvalue weighted by molar-refractivity contribution is -0.143. The number of rotatable bonds is 3. The van der Waals surface area contributed by atoms with Gasteiger partial charge in [0.25, 0.3) is 5.91 Å². The van der Waals surface area contributed by atoms with E-state index in [0.29, 0.717) is 49.5 Å². The lowest BCUT2D eigenvalue weighted by Crippen LogP contribution is -2.55. The maximum atomic E-state index is 13.8. The summed E-state index contributed by atoms with van der Waals surface area (Å²) in [6, 6.07) is 14.4. The lowest BCUT2D eigenvalue weighted by Gasteiger charge is -2.41. The second kappa shape index (κ2) is 10.4. The van der Waals surface area contributed by atoms with Gasteiger partial charge in [-0.15, -0.1) is 0 Å². The number of amides is 3. The molecule has 3 amide bonds. The Labute approximate surface area is 211 Å². The summed E-state index contributed by atoms with van der Waals surface area (Å²) in [5.74, 6) is -0.0218. The summed E-state index contributed by atoms with van der Waals surface area (Å²) >= 11 is 6.35. The van der Waals surface area contributed by atoms with Crippen molar-refractivity contribution in [3.05, 3.63) is 70.2 Å². The van der Waals surface area contributed by atoms with E-state index < -0.39 is 6.04 Å². The molecule has 184 valence electrons. The van der Waals surface area contributed by atoms with E-state index >= 15 is 0 Å². The highest BCUT2D eigenvalue weighted by atomic mass is 35.5. The van der Waals surface area contributed by atoms with Crippen LogP contribution in [0.2, 0.25) is 5.02 Å². The predicted octanol–water partition coefficient (Wildman–Crippen LogP) is 4.16. The zero-order chi connectivity index (χ0) is 24.4. The van der Waals surface area contributed by atoms with Crippen LogP contribution in [0.1, 0.15) is 53.6 Å². The Balaban J connectivity index is 1.32. The fraction of sp³-hybridized carbons (Fsp3) is 0.464. The van der Waals surface area contributed by atoms with Gasteiger partial charge in [-0.25, -0.2) is 0 Å². The van der Waals surface area contributed by atoms with Gasteiger partial charge in [0, 0.05) is 45.1 Å². The van der Waals surface area contributed by atoms with Crippen LogP contribution >= 0.6 is 11.6 Å². The van der Waals surface area contributed by atoms with Gasteiger partial charge in [0.15, 0.2) is 0 Å². The summed E-state index contributed by atoms with van der Waals surface area (Å²) in [4.78, 5) is 45.8. The summed E-state index contributed by atoms with van der Waals surface area (Å²) in [6.07, 6.45) is 5.22. The van der Waals surface area contributed by atoms with Crippen LogP contribution in [0.5, 0.6) is 0 Å². The number of piperidine rings is 2. The summed E-state index contributed by atoms with van der Waals surface area (Å²) in [6.45, 7) is 3.20. The molecule has 2 aromatic rings. The molecule has 5 rings (SSSR count). The molecule has 0 N–H and O–H groups in total. The van der Waals surface area contributed by atoms with Crippen LogP contribution in [0.4, 0.5) is 0 Å². The van der Waals surface area contributed by atoms with Gasteiger partial charge in [-0.3, -0.25) is 14.4 Å². The van der Waals surface area contributed by atoms with Crippen molar-refractivity contribution >= 4 is 29.3 Å². The zero-order valence-electron chi connectivity index (χ0n) is 20.0. The quantitative estimate of drug-likeness (QED) is 0.645. The first-order valence-electron chi connectivity index (χ1n) is 12.7. The summed E-state index contributed by atoms with van der Waals surface area (Å²) in [7, 11) is 0. The fourth-order valence-electron chi connectivity index (χ4n) is 5.68. The van der Waals surface area contributed by atoms with Crippen LogP contribution in [0, 0.1) is 5.92 Å². The summed E-state index contributed by atoms with van der Waals surface area (Å²) in [5.41, 5.74) is 2.57. The van der Waals surface area contributed by atoms with Crippen LogP contribution in [0.25, 0.3) is 0 Å². The van der Waals surface area contributed by atoms with Crippen molar-refractivity contribution in [2.24, 2.45) is 5.92 Å². The summed E-state index contributed by atoms with van der Waals surface area (Å²) < 4.78 is 0. The predicted molar refractivity (Wildman–Crippen MR) is 135 cm³/mol. The number of likely N-dealkylation sites (tertiary alicyclic amines) is 2. The Hall–Kier alpha value is -2.86. The summed E-state index contributed by atoms with van der Waals surface area (Å²) in [5, 5.41) is 0.389. The van der Waals surface area contributed by atoms with E-state index in [-0.39, 0.29) is 23.6 Å². The Morgan fingerprint density at radius 2 is 1.37 bits per heavy atom. The average molecular weight is 494 g/mol. The normalized spacial score (nSPS) is 20.9. The van der Waals surface area contributed by atoms with Gasteiger partial charge >= 0.3 is 0 Å². The fourth-order valence-corrected chi connectivity index (χ4v) is 5.89. The number of benzene rings is 2. The van der Waals surface area contributed by atoms with Crippen molar-refractivity contribution in [1.82, 2.24) is 14.7 Å². The molecule has 1 atom stereocenters. The molecule has 0 aliphatic carbocycles. The molecule has 0 bridgehead atoms. The van der Waals surface area contributed by atoms with Crippen molar-refractivity contribution in [2.75, 3.05) is 26.2 Å². The molecule has 0 spiro atoms. The van der Waals surface area contributed by atoms with E-state index in [1.54, 1.807) is 29.2 Å². The minimum atomic E-state index is -0.581. The van der Waals surface area contributed by atoms with Gasteiger partial charge in [-0.2, -0.15) is 0 Å². The number of hydrogen-bond donors (Lipinski definition) is 0. The zero-order valence-corrected chi connectivity index (χ0v) is 20.8. The number of nitrogens with zero attached hydrogens (tertiary/aromatic N) is 3. The van der Waals surface area contributed by atoms with Crippen molar-refractivity contribution in [3.63, 3.8) is 0 Å². The molecule has 3 aliphatic rings. The standard InChI is InChI=1S/C28H32ClN3O3/c29-24-11-5-4-10-23(24)27(34)32-19-22-9-3-2-8-21(22)18-25(32)28(35)31-16-12-20(13-17-31)26(33)30-14-6-1-7-15-30/h2-5,8-11,20,25H,1,6-7,12-19H2. The molecular weight excluding hydrogens is 462 g/mol. The van der Waals surface area contributed by atoms with Crippen molar-refractivity contribution in [2.45, 2.75) is 51.1 Å². The number of halogens is 1. The van der Waals surface area contributed by atoms with Crippen LogP contribution < -0.4 is 0 Å². The van der Waals surface area contributed by atoms with Crippen molar-refractivity contribution in [1.29, 1.82) is 0 Å². The Bertz CT molecular complexity index is 1110. The SMILES string of the molecule is O=C(C1CCN(C(=O)C2Cc3ccccc3CN2C(=O)c2ccccc2Cl)CC1)N1CCCCC1. The highest BCUT2D eigenvalue weighted by molar-refractivity contribution is 6.33. The first-order valence-corrected chi connectivity index (χ1v) is 13.1. The van der Waals surface area contributed by atoms with E-state index in [1.165, 1.54) is 6.42 Å². The molecule has 35 heavy (non-hydrogen) atoms. The monoisotopic (exact) mass is 493 g/mol. The molecule has 2 aromatic carbocycles. The van der Waals surface area contributed by atoms with Gasteiger partial charge in [-0.1, -0.05) is 48.0 Å². The van der Waals surface area contributed by atoms with Gasteiger partial charge in [0.05, 0.1) is 10.6 Å². The van der Waals surface area contributed by atoms with E-state index in [1.807, 2.05) is 34.1 Å². The molecule has 1 unspecified atom stereocenters. The minimum Gasteiger partial charge on any atom is -0.342 e. The third kappa shape index (κ3) is 4.94. The lowest BCUT2D eigenvalue weighted by atomic mass is 9.90. The average Bonchev–Trinajstić information content (AvgIpc) is 2.92. The smallest absolute Gasteiger partial charge is 0.256 e. The number of hydrogen-bond acceptors (Lipinski definition) is 3. The minimum absolute atomic E-state index is 0.00917. The Morgan fingerprint density at radius 3 is 2.09 bits per heavy atom. The maximum absolute atomic E-state index is 13.8. The molecule has 7 heteroatoms. The number of fused-ring (bicyclic) bond motifs is 1. The van der Waals surface area contributed by atoms with E-state index in [0.717, 1.165) is 37.1 Å². The van der Waals surface area contributed by atoms with E-state index in [9.17, 15) is 14.4 Å². The van der Waals surface area contributed by atoms with Gasteiger partial charge < -0.3 is 14.7 Å². The second-order valence-electron chi connectivity index (χ2n) is 9.89. The first-order chi connectivity index (χ1) is 17.0. The number of carbonyl (C=O) groups excluding carboxylic acids is 3. The van der Waals surface area contributed by atoms with Gasteiger partial charge in [0.1, 0.15) is 6.04 Å². The molecule has 2 saturated heterocycles. The Kier molecular flexibility index (Phi) is 7.09. The molecule has 6 nitrogen and oxygen atoms in total. The molecule has 2 fully saturated rings. The molecule has 0 aromatic heterocycles. The maximum Gasteiger partial charge on any atom is 0.256 e. The molecule has 0 saturated carbocycles. The van der Waals surface area contributed by atoms with Gasteiger partial charge in [0.2, 0.25) is 11.8 Å². The van der Waals surface area contributed by atoms with Crippen molar-refractivity contribution in [3.8, 4) is 0 Å². The highest BCUT2D eigenvalue weighted by Gasteiger charge is 2.39. The van der Waals surface area contributed by atoms with Crippen LogP contribution in [0.15, 0.2) is 48.5 Å². The number of carbonyl (C=O) groups is 3. The topological polar surface area (TPSA) is 60.9 Å². The highest BCUT2D eigenvalue weighted by Crippen LogP contribution is 2.29. The molecule has 0 radical (unpaired) electrons. The van der Waals surface area contributed by atoms with Gasteiger partial charge in [-0.05, 0) is 55.4 Å². The third-order valence-corrected chi connectivity index (χ3v) is 8.05. The van der Waals surface area contributed by atoms with E-state index in [2.05, 4.69) is 0 Å². The first kappa shape index (κ1) is 23.9. The third-order valence-electron chi connectivity index (χ3n) is 7.72. The second-order valence-corrected chi connectivity index (χ2v) is 10.3. The van der Waals surface area contributed by atoms with Crippen LogP contribution in [0.3, 0.4) is 0 Å². The Morgan fingerprint density at radius 1 is 0.743 bits per heavy atom. The van der Waals surface area contributed by atoms with Crippen LogP contribution in [-0.2, 0) is 22.6 Å². The molecule has 3 heterocycles. The van der Waals surface area contributed by atoms with E-state index in [4.69, 9.17) is 11.6 Å². The van der Waals surface area contributed by atoms with Crippen LogP contribution in [-0.4, -0.2) is 64.6 Å². The largest absolute Gasteiger partial charge is 0.342 e. The van der Waals surface area contributed by atoms with Crippen molar-refractivity contribution < 1.29 is 14.4 Å². The molecular formula is C28H32ClN3O3. The molecule has 3 aliphatic heterocycles.